The number of carbonyl (C=O) groups excluding carboxylic acids is 2. The van der Waals surface area contributed by atoms with Crippen molar-refractivity contribution in [2.75, 3.05) is 12.1 Å². The molecule has 1 aromatic carbocycles. The van der Waals surface area contributed by atoms with Gasteiger partial charge in [-0.1, -0.05) is 25.7 Å². The number of anilines is 1. The largest absolute Gasteiger partial charge is 0.454 e. The summed E-state index contributed by atoms with van der Waals surface area (Å²) >= 11 is 0. The Hall–Kier alpha value is -2.24. The SMILES string of the molecule is C[C@@H](OC(=O)CCC1CCCC1)C(=O)Nc1ccc2c(c1)OCO2. The van der Waals surface area contributed by atoms with E-state index in [2.05, 4.69) is 5.32 Å². The fraction of sp³-hybridized carbons (Fsp3) is 0.556. The Morgan fingerprint density at radius 3 is 2.79 bits per heavy atom. The second-order valence-electron chi connectivity index (χ2n) is 6.38. The third kappa shape index (κ3) is 4.19. The van der Waals surface area contributed by atoms with Crippen molar-refractivity contribution >= 4 is 17.6 Å². The number of benzene rings is 1. The zero-order valence-corrected chi connectivity index (χ0v) is 13.9. The number of fused-ring (bicyclic) bond motifs is 1. The number of esters is 1. The molecule has 0 bridgehead atoms. The third-order valence-electron chi connectivity index (χ3n) is 4.55. The maximum Gasteiger partial charge on any atom is 0.306 e. The van der Waals surface area contributed by atoms with Crippen LogP contribution in [0.5, 0.6) is 11.5 Å². The quantitative estimate of drug-likeness (QED) is 0.809. The average molecular weight is 333 g/mol. The van der Waals surface area contributed by atoms with Crippen LogP contribution in [0.4, 0.5) is 5.69 Å². The molecular formula is C18H23NO5. The Morgan fingerprint density at radius 1 is 1.25 bits per heavy atom. The van der Waals surface area contributed by atoms with Gasteiger partial charge in [0.2, 0.25) is 6.79 Å². The van der Waals surface area contributed by atoms with Crippen molar-refractivity contribution in [3.05, 3.63) is 18.2 Å². The molecule has 1 atom stereocenters. The van der Waals surface area contributed by atoms with Gasteiger partial charge in [0, 0.05) is 18.2 Å². The molecule has 1 amide bonds. The summed E-state index contributed by atoms with van der Waals surface area (Å²) in [6.45, 7) is 1.76. The van der Waals surface area contributed by atoms with E-state index in [0.717, 1.165) is 6.42 Å². The summed E-state index contributed by atoms with van der Waals surface area (Å²) in [7, 11) is 0. The van der Waals surface area contributed by atoms with Gasteiger partial charge in [-0.15, -0.1) is 0 Å². The van der Waals surface area contributed by atoms with Crippen LogP contribution in [0.15, 0.2) is 18.2 Å². The molecule has 1 heterocycles. The number of ether oxygens (including phenoxy) is 3. The number of nitrogens with one attached hydrogen (secondary N) is 1. The zero-order valence-electron chi connectivity index (χ0n) is 13.9. The molecule has 3 rings (SSSR count). The van der Waals surface area contributed by atoms with Crippen LogP contribution in [0.25, 0.3) is 0 Å². The monoisotopic (exact) mass is 333 g/mol. The molecular weight excluding hydrogens is 310 g/mol. The minimum Gasteiger partial charge on any atom is -0.454 e. The van der Waals surface area contributed by atoms with Gasteiger partial charge in [0.15, 0.2) is 17.6 Å². The Bertz CT molecular complexity index is 609. The fourth-order valence-corrected chi connectivity index (χ4v) is 3.15. The highest BCUT2D eigenvalue weighted by Crippen LogP contribution is 2.34. The van der Waals surface area contributed by atoms with Gasteiger partial charge in [-0.3, -0.25) is 9.59 Å². The first-order valence-electron chi connectivity index (χ1n) is 8.52. The number of hydrogen-bond acceptors (Lipinski definition) is 5. The Morgan fingerprint density at radius 2 is 2.00 bits per heavy atom. The summed E-state index contributed by atoms with van der Waals surface area (Å²) < 4.78 is 15.7. The van der Waals surface area contributed by atoms with E-state index in [1.165, 1.54) is 25.7 Å². The minimum atomic E-state index is -0.827. The lowest BCUT2D eigenvalue weighted by Gasteiger charge is -2.14. The molecule has 1 N–H and O–H groups in total. The lowest BCUT2D eigenvalue weighted by atomic mass is 10.0. The van der Waals surface area contributed by atoms with Gasteiger partial charge in [-0.2, -0.15) is 0 Å². The number of amides is 1. The average Bonchev–Trinajstić information content (AvgIpc) is 3.23. The van der Waals surface area contributed by atoms with E-state index in [-0.39, 0.29) is 18.7 Å². The molecule has 0 aromatic heterocycles. The molecule has 0 unspecified atom stereocenters. The normalized spacial score (nSPS) is 17.5. The van der Waals surface area contributed by atoms with Crippen LogP contribution in [-0.2, 0) is 14.3 Å². The predicted molar refractivity (Wildman–Crippen MR) is 87.9 cm³/mol. The van der Waals surface area contributed by atoms with E-state index in [1.54, 1.807) is 25.1 Å². The number of carbonyl (C=O) groups is 2. The van der Waals surface area contributed by atoms with E-state index in [1.807, 2.05) is 0 Å². The van der Waals surface area contributed by atoms with Crippen molar-refractivity contribution in [1.82, 2.24) is 0 Å². The molecule has 1 fully saturated rings. The summed E-state index contributed by atoms with van der Waals surface area (Å²) in [5, 5.41) is 2.72. The molecule has 6 heteroatoms. The lowest BCUT2D eigenvalue weighted by molar-refractivity contribution is -0.153. The van der Waals surface area contributed by atoms with Gasteiger partial charge >= 0.3 is 5.97 Å². The van der Waals surface area contributed by atoms with Gasteiger partial charge in [0.25, 0.3) is 5.91 Å². The highest BCUT2D eigenvalue weighted by Gasteiger charge is 2.21. The zero-order chi connectivity index (χ0) is 16.9. The van der Waals surface area contributed by atoms with Crippen molar-refractivity contribution in [3.8, 4) is 11.5 Å². The van der Waals surface area contributed by atoms with Gasteiger partial charge in [0.1, 0.15) is 0 Å². The first kappa shape index (κ1) is 16.6. The summed E-state index contributed by atoms with van der Waals surface area (Å²) in [6.07, 6.45) is 5.33. The van der Waals surface area contributed by atoms with E-state index in [9.17, 15) is 9.59 Å². The molecule has 1 aliphatic heterocycles. The van der Waals surface area contributed by atoms with Gasteiger partial charge in [-0.05, 0) is 31.4 Å². The molecule has 1 aliphatic carbocycles. The summed E-state index contributed by atoms with van der Waals surface area (Å²) in [5.41, 5.74) is 0.582. The van der Waals surface area contributed by atoms with E-state index in [4.69, 9.17) is 14.2 Å². The minimum absolute atomic E-state index is 0.182. The molecule has 2 aliphatic rings. The predicted octanol–water partition coefficient (Wildman–Crippen LogP) is 3.26. The summed E-state index contributed by atoms with van der Waals surface area (Å²) in [4.78, 5) is 24.0. The van der Waals surface area contributed by atoms with Gasteiger partial charge in [-0.25, -0.2) is 0 Å². The van der Waals surface area contributed by atoms with Crippen LogP contribution in [0.2, 0.25) is 0 Å². The number of hydrogen-bond donors (Lipinski definition) is 1. The van der Waals surface area contributed by atoms with Crippen LogP contribution in [0.1, 0.15) is 45.4 Å². The molecule has 1 aromatic rings. The van der Waals surface area contributed by atoms with Crippen molar-refractivity contribution in [2.24, 2.45) is 5.92 Å². The number of rotatable bonds is 6. The second kappa shape index (κ2) is 7.55. The highest BCUT2D eigenvalue weighted by atomic mass is 16.7. The summed E-state index contributed by atoms with van der Waals surface area (Å²) in [5.74, 6) is 1.21. The molecule has 0 saturated heterocycles. The van der Waals surface area contributed by atoms with E-state index < -0.39 is 6.10 Å². The Labute approximate surface area is 141 Å². The molecule has 0 spiro atoms. The Balaban J connectivity index is 1.44. The molecule has 130 valence electrons. The maximum atomic E-state index is 12.1. The molecule has 1 saturated carbocycles. The van der Waals surface area contributed by atoms with Crippen molar-refractivity contribution in [3.63, 3.8) is 0 Å². The van der Waals surface area contributed by atoms with Crippen molar-refractivity contribution in [2.45, 2.75) is 51.6 Å². The molecule has 0 radical (unpaired) electrons. The first-order chi connectivity index (χ1) is 11.6. The van der Waals surface area contributed by atoms with Crippen molar-refractivity contribution < 1.29 is 23.8 Å². The van der Waals surface area contributed by atoms with Crippen LogP contribution in [0, 0.1) is 5.92 Å². The van der Waals surface area contributed by atoms with Crippen LogP contribution >= 0.6 is 0 Å². The molecule has 6 nitrogen and oxygen atoms in total. The van der Waals surface area contributed by atoms with E-state index >= 15 is 0 Å². The fourth-order valence-electron chi connectivity index (χ4n) is 3.15. The van der Waals surface area contributed by atoms with Crippen molar-refractivity contribution in [1.29, 1.82) is 0 Å². The highest BCUT2D eigenvalue weighted by molar-refractivity contribution is 5.95. The third-order valence-corrected chi connectivity index (χ3v) is 4.55. The standard InChI is InChI=1S/C18H23NO5/c1-12(24-17(20)9-6-13-4-2-3-5-13)18(21)19-14-7-8-15-16(10-14)23-11-22-15/h7-8,10,12-13H,2-6,9,11H2,1H3,(H,19,21)/t12-/m1/s1. The molecule has 24 heavy (non-hydrogen) atoms. The summed E-state index contributed by atoms with van der Waals surface area (Å²) in [6, 6.07) is 5.14. The van der Waals surface area contributed by atoms with E-state index in [0.29, 0.717) is 29.5 Å². The second-order valence-corrected chi connectivity index (χ2v) is 6.38. The van der Waals surface area contributed by atoms with Crippen LogP contribution in [-0.4, -0.2) is 24.8 Å². The maximum absolute atomic E-state index is 12.1. The first-order valence-corrected chi connectivity index (χ1v) is 8.52. The van der Waals surface area contributed by atoms with Gasteiger partial charge < -0.3 is 19.5 Å². The smallest absolute Gasteiger partial charge is 0.306 e. The van der Waals surface area contributed by atoms with Gasteiger partial charge in [0.05, 0.1) is 0 Å². The Kier molecular flexibility index (Phi) is 5.23. The lowest BCUT2D eigenvalue weighted by Crippen LogP contribution is -2.30. The van der Waals surface area contributed by atoms with Crippen LogP contribution in [0.3, 0.4) is 0 Å². The van der Waals surface area contributed by atoms with Crippen LogP contribution < -0.4 is 14.8 Å². The topological polar surface area (TPSA) is 73.9 Å².